The molecule has 5 heteroatoms. The lowest BCUT2D eigenvalue weighted by molar-refractivity contribution is -0.114. The molecule has 0 aromatic heterocycles. The monoisotopic (exact) mass is 203 g/mol. The van der Waals surface area contributed by atoms with E-state index in [1.54, 1.807) is 6.92 Å². The Balaban J connectivity index is 4.46. The average Bonchev–Trinajstić information content (AvgIpc) is 2.20. The van der Waals surface area contributed by atoms with Crippen LogP contribution in [0.1, 0.15) is 13.3 Å². The molecular weight excluding hydrogens is 186 g/mol. The van der Waals surface area contributed by atoms with Crippen LogP contribution in [0.25, 0.3) is 0 Å². The molecule has 0 fully saturated rings. The number of nitrogens with two attached hydrogens (primary N) is 1. The zero-order chi connectivity index (χ0) is 11.2. The Labute approximate surface area is 82.9 Å². The second-order valence-electron chi connectivity index (χ2n) is 3.43. The summed E-state index contributed by atoms with van der Waals surface area (Å²) in [6.45, 7) is 0.507. The van der Waals surface area contributed by atoms with Gasteiger partial charge in [0.15, 0.2) is 0 Å². The maximum Gasteiger partial charge on any atom is 0.244 e. The zero-order valence-corrected chi connectivity index (χ0v) is 8.23. The summed E-state index contributed by atoms with van der Waals surface area (Å²) in [5, 5.41) is 26.9. The van der Waals surface area contributed by atoms with Crippen LogP contribution in [-0.4, -0.2) is 41.0 Å². The van der Waals surface area contributed by atoms with Crippen molar-refractivity contribution in [2.75, 3.05) is 19.8 Å². The van der Waals surface area contributed by atoms with Crippen molar-refractivity contribution in [2.24, 2.45) is 11.1 Å². The summed E-state index contributed by atoms with van der Waals surface area (Å²) in [5.41, 5.74) is 4.37. The molecule has 0 heterocycles. The minimum absolute atomic E-state index is 0.214. The highest BCUT2D eigenvalue weighted by atomic mass is 16.3. The fourth-order valence-electron chi connectivity index (χ4n) is 0.814. The Morgan fingerprint density at radius 3 is 2.00 bits per heavy atom. The molecule has 0 aliphatic carbocycles. The highest BCUT2D eigenvalue weighted by Crippen LogP contribution is 2.21. The molecule has 5 N–H and O–H groups in total. The fourth-order valence-corrected chi connectivity index (χ4v) is 0.814. The van der Waals surface area contributed by atoms with Gasteiger partial charge in [0.2, 0.25) is 5.91 Å². The maximum atomic E-state index is 10.6. The van der Waals surface area contributed by atoms with Gasteiger partial charge < -0.3 is 21.1 Å². The predicted molar refractivity (Wildman–Crippen MR) is 51.3 cm³/mol. The first-order valence-corrected chi connectivity index (χ1v) is 4.30. The highest BCUT2D eigenvalue weighted by molar-refractivity contribution is 5.91. The molecule has 0 aliphatic rings. The molecule has 0 aromatic rings. The first kappa shape index (κ1) is 13.1. The van der Waals surface area contributed by atoms with Crippen molar-refractivity contribution in [3.8, 4) is 0 Å². The Morgan fingerprint density at radius 1 is 1.29 bits per heavy atom. The fraction of sp³-hybridized carbons (Fsp3) is 0.667. The summed E-state index contributed by atoms with van der Waals surface area (Å²) >= 11 is 0. The van der Waals surface area contributed by atoms with E-state index in [4.69, 9.17) is 21.1 Å². The summed E-state index contributed by atoms with van der Waals surface area (Å²) < 4.78 is 0. The molecule has 0 atom stereocenters. The number of allylic oxidation sites excluding steroid dienone is 1. The Kier molecular flexibility index (Phi) is 5.37. The third-order valence-electron chi connectivity index (χ3n) is 2.24. The number of hydrogen-bond acceptors (Lipinski definition) is 4. The number of carbonyl (C=O) groups is 1. The summed E-state index contributed by atoms with van der Waals surface area (Å²) in [5.74, 6) is -0.548. The molecule has 14 heavy (non-hydrogen) atoms. The van der Waals surface area contributed by atoms with Gasteiger partial charge in [-0.3, -0.25) is 4.79 Å². The van der Waals surface area contributed by atoms with Gasteiger partial charge >= 0.3 is 0 Å². The van der Waals surface area contributed by atoms with Crippen LogP contribution >= 0.6 is 0 Å². The third kappa shape index (κ3) is 3.45. The molecule has 0 rings (SSSR count). The lowest BCUT2D eigenvalue weighted by Crippen LogP contribution is -2.33. The number of aliphatic hydroxyl groups excluding tert-OH is 3. The molecule has 1 amide bonds. The smallest absolute Gasteiger partial charge is 0.244 e. The van der Waals surface area contributed by atoms with E-state index < -0.39 is 11.3 Å². The zero-order valence-electron chi connectivity index (χ0n) is 8.23. The summed E-state index contributed by atoms with van der Waals surface area (Å²) in [6.07, 6.45) is 1.72. The van der Waals surface area contributed by atoms with Crippen molar-refractivity contribution < 1.29 is 20.1 Å². The average molecular weight is 203 g/mol. The molecule has 0 unspecified atom stereocenters. The van der Waals surface area contributed by atoms with Crippen LogP contribution in [0.4, 0.5) is 0 Å². The van der Waals surface area contributed by atoms with E-state index in [1.807, 2.05) is 0 Å². The quantitative estimate of drug-likeness (QED) is 0.406. The van der Waals surface area contributed by atoms with E-state index in [0.717, 1.165) is 0 Å². The van der Waals surface area contributed by atoms with Crippen LogP contribution in [0.2, 0.25) is 0 Å². The van der Waals surface area contributed by atoms with Gasteiger partial charge in [-0.25, -0.2) is 0 Å². The van der Waals surface area contributed by atoms with Gasteiger partial charge in [0.25, 0.3) is 0 Å². The standard InChI is InChI=1S/C9H17NO4/c1-7(8(10)14)2-3-9(4-11,5-12)6-13/h2,11-13H,3-6H2,1H3,(H2,10,14)/b7-2+. The van der Waals surface area contributed by atoms with E-state index in [0.29, 0.717) is 5.57 Å². The number of aliphatic hydroxyl groups is 3. The molecule has 82 valence electrons. The van der Waals surface area contributed by atoms with E-state index in [9.17, 15) is 4.79 Å². The highest BCUT2D eigenvalue weighted by Gasteiger charge is 2.26. The van der Waals surface area contributed by atoms with E-state index >= 15 is 0 Å². The minimum Gasteiger partial charge on any atom is -0.396 e. The van der Waals surface area contributed by atoms with Crippen LogP contribution in [0, 0.1) is 5.41 Å². The predicted octanol–water partition coefficient (Wildman–Crippen LogP) is -1.23. The summed E-state index contributed by atoms with van der Waals surface area (Å²) in [4.78, 5) is 10.6. The van der Waals surface area contributed by atoms with Gasteiger partial charge in [0.05, 0.1) is 19.8 Å². The van der Waals surface area contributed by atoms with Crippen molar-refractivity contribution in [1.29, 1.82) is 0 Å². The number of hydrogen-bond donors (Lipinski definition) is 4. The third-order valence-corrected chi connectivity index (χ3v) is 2.24. The lowest BCUT2D eigenvalue weighted by atomic mass is 9.86. The van der Waals surface area contributed by atoms with Gasteiger partial charge in [-0.1, -0.05) is 6.08 Å². The SMILES string of the molecule is C/C(=C\CC(CO)(CO)CO)C(N)=O. The Hall–Kier alpha value is -0.910. The molecule has 0 bridgehead atoms. The van der Waals surface area contributed by atoms with Crippen molar-refractivity contribution in [1.82, 2.24) is 0 Å². The van der Waals surface area contributed by atoms with Gasteiger partial charge in [-0.05, 0) is 13.3 Å². The van der Waals surface area contributed by atoms with Crippen molar-refractivity contribution in [2.45, 2.75) is 13.3 Å². The number of carbonyl (C=O) groups excluding carboxylic acids is 1. The first-order chi connectivity index (χ1) is 6.51. The second kappa shape index (κ2) is 5.74. The van der Waals surface area contributed by atoms with Crippen molar-refractivity contribution in [3.05, 3.63) is 11.6 Å². The van der Waals surface area contributed by atoms with Gasteiger partial charge in [0.1, 0.15) is 0 Å². The molecule has 0 radical (unpaired) electrons. The Morgan fingerprint density at radius 2 is 1.71 bits per heavy atom. The van der Waals surface area contributed by atoms with Crippen LogP contribution in [0.3, 0.4) is 0 Å². The summed E-state index contributed by atoms with van der Waals surface area (Å²) in [6, 6.07) is 0. The molecule has 0 aromatic carbocycles. The van der Waals surface area contributed by atoms with Crippen LogP contribution in [-0.2, 0) is 4.79 Å². The van der Waals surface area contributed by atoms with E-state index in [1.165, 1.54) is 6.08 Å². The molecule has 0 saturated heterocycles. The number of amides is 1. The Bertz CT molecular complexity index is 213. The molecule has 0 spiro atoms. The molecular formula is C9H17NO4. The lowest BCUT2D eigenvalue weighted by Gasteiger charge is -2.25. The molecule has 0 saturated carbocycles. The normalized spacial score (nSPS) is 13.0. The second-order valence-corrected chi connectivity index (χ2v) is 3.43. The largest absolute Gasteiger partial charge is 0.396 e. The van der Waals surface area contributed by atoms with Gasteiger partial charge in [-0.15, -0.1) is 0 Å². The van der Waals surface area contributed by atoms with Crippen LogP contribution in [0.15, 0.2) is 11.6 Å². The molecule has 5 nitrogen and oxygen atoms in total. The van der Waals surface area contributed by atoms with Crippen molar-refractivity contribution >= 4 is 5.91 Å². The first-order valence-electron chi connectivity index (χ1n) is 4.30. The van der Waals surface area contributed by atoms with Gasteiger partial charge in [-0.2, -0.15) is 0 Å². The maximum absolute atomic E-state index is 10.6. The van der Waals surface area contributed by atoms with E-state index in [2.05, 4.69) is 0 Å². The van der Waals surface area contributed by atoms with Gasteiger partial charge in [0, 0.05) is 11.0 Å². The van der Waals surface area contributed by atoms with E-state index in [-0.39, 0.29) is 26.2 Å². The minimum atomic E-state index is -0.975. The van der Waals surface area contributed by atoms with Crippen LogP contribution < -0.4 is 5.73 Å². The number of rotatable bonds is 6. The summed E-state index contributed by atoms with van der Waals surface area (Å²) in [7, 11) is 0. The van der Waals surface area contributed by atoms with Crippen molar-refractivity contribution in [3.63, 3.8) is 0 Å². The topological polar surface area (TPSA) is 104 Å². The number of primary amides is 1. The molecule has 0 aliphatic heterocycles. The van der Waals surface area contributed by atoms with Crippen LogP contribution in [0.5, 0.6) is 0 Å².